The van der Waals surface area contributed by atoms with E-state index in [-0.39, 0.29) is 4.90 Å². The number of nitrogens with zero attached hydrogens (tertiary/aromatic N) is 2. The highest BCUT2D eigenvalue weighted by atomic mass is 32.2. The number of aryl methyl sites for hydroxylation is 2. The summed E-state index contributed by atoms with van der Waals surface area (Å²) in [7, 11) is -3.67. The Balaban J connectivity index is 2.00. The third-order valence-corrected chi connectivity index (χ3v) is 7.11. The highest BCUT2D eigenvalue weighted by molar-refractivity contribution is 7.89. The molecule has 0 aliphatic heterocycles. The smallest absolute Gasteiger partial charge is 0.256 e. The summed E-state index contributed by atoms with van der Waals surface area (Å²) in [6.07, 6.45) is 0. The number of anilines is 1. The van der Waals surface area contributed by atoms with Crippen molar-refractivity contribution in [2.75, 3.05) is 18.4 Å². The molecule has 1 amide bonds. The summed E-state index contributed by atoms with van der Waals surface area (Å²) in [6, 6.07) is 10.5. The molecule has 2 aromatic carbocycles. The number of aromatic nitrogens is 1. The Morgan fingerprint density at radius 2 is 1.77 bits per heavy atom. The van der Waals surface area contributed by atoms with Crippen LogP contribution in [-0.2, 0) is 10.0 Å². The number of nitrogens with one attached hydrogen (secondary N) is 1. The fraction of sp³-hybridized carbons (Fsp3) is 0.273. The molecule has 0 bridgehead atoms. The van der Waals surface area contributed by atoms with Gasteiger partial charge in [-0.2, -0.15) is 4.31 Å². The molecule has 0 unspecified atom stereocenters. The molecule has 0 saturated carbocycles. The van der Waals surface area contributed by atoms with Crippen molar-refractivity contribution in [1.82, 2.24) is 9.29 Å². The van der Waals surface area contributed by atoms with Crippen LogP contribution in [0.15, 0.2) is 47.4 Å². The van der Waals surface area contributed by atoms with Gasteiger partial charge in [0.05, 0.1) is 16.0 Å². The monoisotopic (exact) mass is 429 g/mol. The third kappa shape index (κ3) is 4.20. The zero-order valence-electron chi connectivity index (χ0n) is 17.4. The molecule has 0 aliphatic rings. The van der Waals surface area contributed by atoms with Crippen LogP contribution < -0.4 is 5.32 Å². The van der Waals surface area contributed by atoms with Crippen molar-refractivity contribution in [2.45, 2.75) is 32.6 Å². The van der Waals surface area contributed by atoms with Gasteiger partial charge in [0.15, 0.2) is 0 Å². The average molecular weight is 430 g/mol. The lowest BCUT2D eigenvalue weighted by molar-refractivity contribution is 0.102. The van der Waals surface area contributed by atoms with Crippen molar-refractivity contribution in [3.63, 3.8) is 0 Å². The lowest BCUT2D eigenvalue weighted by Crippen LogP contribution is -2.31. The molecule has 0 spiro atoms. The summed E-state index contributed by atoms with van der Waals surface area (Å²) in [5.41, 5.74) is 2.26. The molecule has 6 nitrogen and oxygen atoms in total. The van der Waals surface area contributed by atoms with Crippen molar-refractivity contribution in [2.24, 2.45) is 0 Å². The van der Waals surface area contributed by atoms with Crippen LogP contribution >= 0.6 is 0 Å². The minimum atomic E-state index is -3.67. The molecule has 0 atom stereocenters. The predicted molar refractivity (Wildman–Crippen MR) is 116 cm³/mol. The third-order valence-electron chi connectivity index (χ3n) is 4.91. The van der Waals surface area contributed by atoms with Crippen LogP contribution in [0.25, 0.3) is 10.9 Å². The van der Waals surface area contributed by atoms with Crippen molar-refractivity contribution in [3.05, 3.63) is 65.1 Å². The number of carbonyl (C=O) groups excluding carboxylic acids is 1. The molecule has 30 heavy (non-hydrogen) atoms. The maximum absolute atomic E-state index is 13.6. The van der Waals surface area contributed by atoms with Gasteiger partial charge in [-0.05, 0) is 49.7 Å². The first kappa shape index (κ1) is 21.9. The quantitative estimate of drug-likeness (QED) is 0.635. The topological polar surface area (TPSA) is 79.4 Å². The van der Waals surface area contributed by atoms with Gasteiger partial charge in [-0.15, -0.1) is 0 Å². The van der Waals surface area contributed by atoms with Gasteiger partial charge in [-0.3, -0.25) is 9.78 Å². The predicted octanol–water partition coefficient (Wildman–Crippen LogP) is 4.27. The number of benzene rings is 2. The van der Waals surface area contributed by atoms with Crippen LogP contribution in [0.5, 0.6) is 0 Å². The average Bonchev–Trinajstić information content (AvgIpc) is 2.69. The number of amides is 1. The number of pyridine rings is 1. The van der Waals surface area contributed by atoms with Gasteiger partial charge >= 0.3 is 0 Å². The highest BCUT2D eigenvalue weighted by Crippen LogP contribution is 2.25. The van der Waals surface area contributed by atoms with Gasteiger partial charge in [0.1, 0.15) is 5.82 Å². The molecule has 1 aromatic heterocycles. The van der Waals surface area contributed by atoms with Gasteiger partial charge < -0.3 is 5.32 Å². The molecule has 3 rings (SSSR count). The molecular formula is C22H24FN3O3S. The number of halogens is 1. The van der Waals surface area contributed by atoms with Gasteiger partial charge in [0, 0.05) is 35.9 Å². The Labute approximate surface area is 175 Å². The Morgan fingerprint density at radius 1 is 1.07 bits per heavy atom. The van der Waals surface area contributed by atoms with Crippen molar-refractivity contribution < 1.29 is 17.6 Å². The molecule has 0 aliphatic carbocycles. The number of hydrogen-bond donors (Lipinski definition) is 1. The second-order valence-corrected chi connectivity index (χ2v) is 8.90. The maximum atomic E-state index is 13.6. The number of carbonyl (C=O) groups is 1. The van der Waals surface area contributed by atoms with E-state index < -0.39 is 21.7 Å². The number of fused-ring (bicyclic) bond motifs is 1. The lowest BCUT2D eigenvalue weighted by Gasteiger charge is -2.20. The Kier molecular flexibility index (Phi) is 6.19. The van der Waals surface area contributed by atoms with E-state index >= 15 is 0 Å². The van der Waals surface area contributed by atoms with E-state index in [1.165, 1.54) is 28.6 Å². The zero-order valence-corrected chi connectivity index (χ0v) is 18.2. The fourth-order valence-electron chi connectivity index (χ4n) is 3.38. The largest absolute Gasteiger partial charge is 0.322 e. The number of rotatable bonds is 6. The summed E-state index contributed by atoms with van der Waals surface area (Å²) in [5, 5.41) is 3.28. The lowest BCUT2D eigenvalue weighted by atomic mass is 10.1. The summed E-state index contributed by atoms with van der Waals surface area (Å²) in [5.74, 6) is -0.858. The maximum Gasteiger partial charge on any atom is 0.256 e. The summed E-state index contributed by atoms with van der Waals surface area (Å²) in [4.78, 5) is 17.4. The summed E-state index contributed by atoms with van der Waals surface area (Å²) < 4.78 is 40.8. The molecule has 8 heteroatoms. The Morgan fingerprint density at radius 3 is 2.43 bits per heavy atom. The van der Waals surface area contributed by atoms with E-state index in [2.05, 4.69) is 10.3 Å². The van der Waals surface area contributed by atoms with Crippen LogP contribution in [0, 0.1) is 19.7 Å². The van der Waals surface area contributed by atoms with Crippen molar-refractivity contribution in [3.8, 4) is 0 Å². The van der Waals surface area contributed by atoms with E-state index in [1.807, 2.05) is 0 Å². The number of sulfonamides is 1. The second-order valence-electron chi connectivity index (χ2n) is 7.00. The van der Waals surface area contributed by atoms with E-state index in [4.69, 9.17) is 0 Å². The summed E-state index contributed by atoms with van der Waals surface area (Å²) >= 11 is 0. The Hall–Kier alpha value is -2.84. The minimum Gasteiger partial charge on any atom is -0.322 e. The molecule has 1 N–H and O–H groups in total. The van der Waals surface area contributed by atoms with Crippen LogP contribution in [0.3, 0.4) is 0 Å². The van der Waals surface area contributed by atoms with Gasteiger partial charge in [0.25, 0.3) is 5.91 Å². The molecule has 3 aromatic rings. The molecule has 1 heterocycles. The SMILES string of the molecule is CCN(CC)S(=O)(=O)c1cc(NC(=O)c2cc(C)nc3cc(F)ccc23)ccc1C. The molecule has 0 radical (unpaired) electrons. The molecular weight excluding hydrogens is 405 g/mol. The molecule has 0 fully saturated rings. The van der Waals surface area contributed by atoms with Crippen LogP contribution in [0.1, 0.15) is 35.5 Å². The van der Waals surface area contributed by atoms with Gasteiger partial charge in [0.2, 0.25) is 10.0 Å². The van der Waals surface area contributed by atoms with Crippen molar-refractivity contribution >= 4 is 32.5 Å². The number of hydrogen-bond acceptors (Lipinski definition) is 4. The first-order chi connectivity index (χ1) is 14.2. The van der Waals surface area contributed by atoms with Crippen molar-refractivity contribution in [1.29, 1.82) is 0 Å². The Bertz CT molecular complexity index is 1220. The zero-order chi connectivity index (χ0) is 22.1. The summed E-state index contributed by atoms with van der Waals surface area (Å²) in [6.45, 7) is 7.71. The van der Waals surface area contributed by atoms with Gasteiger partial charge in [-0.1, -0.05) is 19.9 Å². The van der Waals surface area contributed by atoms with Gasteiger partial charge in [-0.25, -0.2) is 12.8 Å². The molecule has 158 valence electrons. The second kappa shape index (κ2) is 8.49. The van der Waals surface area contributed by atoms with Crippen LogP contribution in [0.2, 0.25) is 0 Å². The van der Waals surface area contributed by atoms with Crippen LogP contribution in [-0.4, -0.2) is 36.7 Å². The first-order valence-electron chi connectivity index (χ1n) is 9.66. The van der Waals surface area contributed by atoms with E-state index in [1.54, 1.807) is 45.9 Å². The van der Waals surface area contributed by atoms with E-state index in [0.29, 0.717) is 46.5 Å². The molecule has 0 saturated heterocycles. The van der Waals surface area contributed by atoms with Crippen LogP contribution in [0.4, 0.5) is 10.1 Å². The highest BCUT2D eigenvalue weighted by Gasteiger charge is 2.24. The first-order valence-corrected chi connectivity index (χ1v) is 11.1. The minimum absolute atomic E-state index is 0.154. The van der Waals surface area contributed by atoms with E-state index in [9.17, 15) is 17.6 Å². The normalized spacial score (nSPS) is 11.8. The van der Waals surface area contributed by atoms with E-state index in [0.717, 1.165) is 0 Å². The fourth-order valence-corrected chi connectivity index (χ4v) is 5.09. The standard InChI is InChI=1S/C22H24FN3O3S/c1-5-26(6-2)30(28,29)21-13-17(9-7-14(21)3)25-22(27)19-11-15(4)24-20-12-16(23)8-10-18(19)20/h7-13H,5-6H2,1-4H3,(H,25,27).